The van der Waals surface area contributed by atoms with E-state index in [0.29, 0.717) is 11.7 Å². The largest absolute Gasteiger partial charge is 0.283 e. The lowest BCUT2D eigenvalue weighted by molar-refractivity contribution is -0.118. The highest BCUT2D eigenvalue weighted by Crippen LogP contribution is 2.31. The quantitative estimate of drug-likeness (QED) is 0.378. The van der Waals surface area contributed by atoms with E-state index in [2.05, 4.69) is 6.07 Å². The minimum absolute atomic E-state index is 0.0488. The summed E-state index contributed by atoms with van der Waals surface area (Å²) in [6.45, 7) is 4.07. The molecule has 0 saturated heterocycles. The molecule has 3 aromatic carbocycles. The number of thiazole rings is 1. The average Bonchev–Trinajstić information content (AvgIpc) is 3.21. The molecule has 0 radical (unpaired) electrons. The van der Waals surface area contributed by atoms with Crippen molar-refractivity contribution in [1.82, 2.24) is 4.98 Å². The van der Waals surface area contributed by atoms with Gasteiger partial charge in [0, 0.05) is 0 Å². The maximum atomic E-state index is 13.4. The molecule has 0 atom stereocenters. The van der Waals surface area contributed by atoms with Crippen LogP contribution in [-0.4, -0.2) is 25.1 Å². The number of sulfone groups is 1. The van der Waals surface area contributed by atoms with Crippen LogP contribution in [-0.2, 0) is 27.6 Å². The number of aryl methyl sites for hydroxylation is 1. The Labute approximate surface area is 192 Å². The number of amides is 1. The SMILES string of the molecule is CCS(=O)(=O)c1ccc(CC(=O)N(Cc2ccccc2)c2nc3ccc(C)cc3s2)cc1. The fourth-order valence-electron chi connectivity index (χ4n) is 3.41. The van der Waals surface area contributed by atoms with E-state index in [9.17, 15) is 13.2 Å². The summed E-state index contributed by atoms with van der Waals surface area (Å²) in [6, 6.07) is 22.5. The number of anilines is 1. The lowest BCUT2D eigenvalue weighted by Crippen LogP contribution is -2.31. The molecule has 164 valence electrons. The van der Waals surface area contributed by atoms with Crippen molar-refractivity contribution < 1.29 is 13.2 Å². The van der Waals surface area contributed by atoms with Crippen molar-refractivity contribution >= 4 is 42.4 Å². The van der Waals surface area contributed by atoms with E-state index in [4.69, 9.17) is 4.98 Å². The molecule has 0 aliphatic heterocycles. The number of benzene rings is 3. The molecule has 5 nitrogen and oxygen atoms in total. The summed E-state index contributed by atoms with van der Waals surface area (Å²) in [6.07, 6.45) is 0.161. The predicted molar refractivity (Wildman–Crippen MR) is 130 cm³/mol. The zero-order chi connectivity index (χ0) is 22.7. The number of nitrogens with zero attached hydrogens (tertiary/aromatic N) is 2. The summed E-state index contributed by atoms with van der Waals surface area (Å²) in [5, 5.41) is 0.657. The molecular formula is C25H24N2O3S2. The van der Waals surface area contributed by atoms with E-state index in [0.717, 1.165) is 26.9 Å². The molecule has 0 aliphatic rings. The van der Waals surface area contributed by atoms with Crippen LogP contribution in [0.4, 0.5) is 5.13 Å². The summed E-state index contributed by atoms with van der Waals surface area (Å²) in [5.74, 6) is -0.0385. The Morgan fingerprint density at radius 1 is 0.969 bits per heavy atom. The topological polar surface area (TPSA) is 67.3 Å². The van der Waals surface area contributed by atoms with Crippen LogP contribution < -0.4 is 4.90 Å². The van der Waals surface area contributed by atoms with E-state index >= 15 is 0 Å². The molecule has 0 unspecified atom stereocenters. The average molecular weight is 465 g/mol. The second kappa shape index (κ2) is 9.22. The van der Waals surface area contributed by atoms with Crippen LogP contribution in [0.3, 0.4) is 0 Å². The van der Waals surface area contributed by atoms with Crippen molar-refractivity contribution in [2.75, 3.05) is 10.7 Å². The Morgan fingerprint density at radius 3 is 2.38 bits per heavy atom. The van der Waals surface area contributed by atoms with Crippen molar-refractivity contribution in [2.24, 2.45) is 0 Å². The highest BCUT2D eigenvalue weighted by atomic mass is 32.2. The first-order valence-corrected chi connectivity index (χ1v) is 12.9. The van der Waals surface area contributed by atoms with Crippen molar-refractivity contribution in [3.05, 3.63) is 89.5 Å². The Balaban J connectivity index is 1.63. The normalized spacial score (nSPS) is 11.6. The number of rotatable bonds is 7. The third-order valence-electron chi connectivity index (χ3n) is 5.27. The van der Waals surface area contributed by atoms with Gasteiger partial charge in [0.15, 0.2) is 15.0 Å². The molecule has 1 heterocycles. The third kappa shape index (κ3) is 4.89. The number of hydrogen-bond acceptors (Lipinski definition) is 5. The fraction of sp³-hybridized carbons (Fsp3) is 0.200. The monoisotopic (exact) mass is 464 g/mol. The lowest BCUT2D eigenvalue weighted by atomic mass is 10.1. The summed E-state index contributed by atoms with van der Waals surface area (Å²) in [5.41, 5.74) is 3.80. The standard InChI is InChI=1S/C25H24N2O3S2/c1-3-32(29,30)21-12-10-19(11-13-21)16-24(28)27(17-20-7-5-4-6-8-20)25-26-22-14-9-18(2)15-23(22)31-25/h4-15H,3,16-17H2,1-2H3. The first-order chi connectivity index (χ1) is 15.4. The zero-order valence-corrected chi connectivity index (χ0v) is 19.6. The highest BCUT2D eigenvalue weighted by Gasteiger charge is 2.21. The van der Waals surface area contributed by atoms with Crippen molar-refractivity contribution in [3.8, 4) is 0 Å². The molecule has 4 aromatic rings. The Hall–Kier alpha value is -3.03. The van der Waals surface area contributed by atoms with E-state index < -0.39 is 9.84 Å². The highest BCUT2D eigenvalue weighted by molar-refractivity contribution is 7.91. The van der Waals surface area contributed by atoms with Crippen molar-refractivity contribution in [3.63, 3.8) is 0 Å². The lowest BCUT2D eigenvalue weighted by Gasteiger charge is -2.20. The molecule has 0 N–H and O–H groups in total. The number of carbonyl (C=O) groups is 1. The molecule has 0 saturated carbocycles. The van der Waals surface area contributed by atoms with Gasteiger partial charge in [0.25, 0.3) is 0 Å². The Morgan fingerprint density at radius 2 is 1.69 bits per heavy atom. The van der Waals surface area contributed by atoms with Gasteiger partial charge in [-0.05, 0) is 47.9 Å². The molecule has 0 spiro atoms. The molecule has 0 fully saturated rings. The van der Waals surface area contributed by atoms with Gasteiger partial charge in [0.05, 0.1) is 33.8 Å². The van der Waals surface area contributed by atoms with E-state index in [1.165, 1.54) is 11.3 Å². The molecule has 0 aliphatic carbocycles. The maximum absolute atomic E-state index is 13.4. The van der Waals surface area contributed by atoms with Crippen LogP contribution in [0.5, 0.6) is 0 Å². The summed E-state index contributed by atoms with van der Waals surface area (Å²) < 4.78 is 25.2. The van der Waals surface area contributed by atoms with Gasteiger partial charge in [-0.3, -0.25) is 9.69 Å². The predicted octanol–water partition coefficient (Wildman–Crippen LogP) is 5.17. The number of aromatic nitrogens is 1. The van der Waals surface area contributed by atoms with Crippen LogP contribution in [0.15, 0.2) is 77.7 Å². The Bertz CT molecular complexity index is 1350. The van der Waals surface area contributed by atoms with Gasteiger partial charge in [0.2, 0.25) is 5.91 Å². The summed E-state index contributed by atoms with van der Waals surface area (Å²) >= 11 is 1.50. The van der Waals surface area contributed by atoms with Crippen molar-refractivity contribution in [2.45, 2.75) is 31.7 Å². The Kier molecular flexibility index (Phi) is 6.39. The first-order valence-electron chi connectivity index (χ1n) is 10.4. The minimum Gasteiger partial charge on any atom is -0.283 e. The van der Waals surface area contributed by atoms with Gasteiger partial charge >= 0.3 is 0 Å². The molecule has 1 aromatic heterocycles. The van der Waals surface area contributed by atoms with Crippen LogP contribution in [0.2, 0.25) is 0 Å². The van der Waals surface area contributed by atoms with Gasteiger partial charge in [-0.15, -0.1) is 0 Å². The maximum Gasteiger partial charge on any atom is 0.233 e. The number of hydrogen-bond donors (Lipinski definition) is 0. The summed E-state index contributed by atoms with van der Waals surface area (Å²) in [4.78, 5) is 20.1. The molecule has 1 amide bonds. The van der Waals surface area contributed by atoms with Crippen LogP contribution >= 0.6 is 11.3 Å². The molecule has 4 rings (SSSR count). The van der Waals surface area contributed by atoms with Crippen molar-refractivity contribution in [1.29, 1.82) is 0 Å². The van der Waals surface area contributed by atoms with E-state index in [-0.39, 0.29) is 23.0 Å². The molecular weight excluding hydrogens is 440 g/mol. The number of fused-ring (bicyclic) bond motifs is 1. The summed E-state index contributed by atoms with van der Waals surface area (Å²) in [7, 11) is -3.27. The minimum atomic E-state index is -3.27. The van der Waals surface area contributed by atoms with E-state index in [1.807, 2.05) is 49.4 Å². The van der Waals surface area contributed by atoms with Crippen LogP contribution in [0.25, 0.3) is 10.2 Å². The van der Waals surface area contributed by atoms with Crippen LogP contribution in [0.1, 0.15) is 23.6 Å². The zero-order valence-electron chi connectivity index (χ0n) is 18.0. The van der Waals surface area contributed by atoms with Gasteiger partial charge in [-0.2, -0.15) is 0 Å². The second-order valence-corrected chi connectivity index (χ2v) is 10.9. The molecule has 0 bridgehead atoms. The van der Waals surface area contributed by atoms with Gasteiger partial charge in [-0.25, -0.2) is 13.4 Å². The van der Waals surface area contributed by atoms with Crippen LogP contribution in [0, 0.1) is 6.92 Å². The van der Waals surface area contributed by atoms with Gasteiger partial charge < -0.3 is 0 Å². The first kappa shape index (κ1) is 22.2. The number of carbonyl (C=O) groups excluding carboxylic acids is 1. The second-order valence-electron chi connectivity index (χ2n) is 7.66. The molecule has 32 heavy (non-hydrogen) atoms. The third-order valence-corrected chi connectivity index (χ3v) is 8.06. The van der Waals surface area contributed by atoms with Gasteiger partial charge in [-0.1, -0.05) is 66.8 Å². The van der Waals surface area contributed by atoms with Gasteiger partial charge in [0.1, 0.15) is 0 Å². The fourth-order valence-corrected chi connectivity index (χ4v) is 5.38. The molecule has 7 heteroatoms. The van der Waals surface area contributed by atoms with E-state index in [1.54, 1.807) is 36.1 Å². The smallest absolute Gasteiger partial charge is 0.233 e.